The number of amides is 2. The van der Waals surface area contributed by atoms with Crippen LogP contribution in [-0.2, 0) is 19.1 Å². The molecule has 0 saturated heterocycles. The van der Waals surface area contributed by atoms with Gasteiger partial charge in [0.25, 0.3) is 5.91 Å². The van der Waals surface area contributed by atoms with Gasteiger partial charge in [-0.3, -0.25) is 9.59 Å². The lowest BCUT2D eigenvalue weighted by atomic mass is 10.1. The van der Waals surface area contributed by atoms with Gasteiger partial charge in [-0.05, 0) is 29.1 Å². The van der Waals surface area contributed by atoms with Crippen molar-refractivity contribution in [2.75, 3.05) is 13.7 Å². The summed E-state index contributed by atoms with van der Waals surface area (Å²) in [7, 11) is 1.45. The minimum absolute atomic E-state index is 0.100. The lowest BCUT2D eigenvalue weighted by Crippen LogP contribution is -2.36. The van der Waals surface area contributed by atoms with Gasteiger partial charge in [0.05, 0.1) is 6.04 Å². The summed E-state index contributed by atoms with van der Waals surface area (Å²) >= 11 is 1.45. The van der Waals surface area contributed by atoms with Gasteiger partial charge in [0.1, 0.15) is 11.5 Å². The zero-order valence-corrected chi connectivity index (χ0v) is 15.9. The monoisotopic (exact) mass is 403 g/mol. The van der Waals surface area contributed by atoms with Crippen molar-refractivity contribution in [2.24, 2.45) is 5.10 Å². The molecular weight excluding hydrogens is 385 g/mol. The molecular formula is C19H18FN3O4S. The molecule has 1 aliphatic rings. The van der Waals surface area contributed by atoms with Crippen molar-refractivity contribution in [2.45, 2.75) is 18.9 Å². The first-order valence-electron chi connectivity index (χ1n) is 8.53. The maximum atomic E-state index is 13.2. The Morgan fingerprint density at radius 3 is 2.68 bits per heavy atom. The number of ether oxygens (including phenoxy) is 1. The third-order valence-electron chi connectivity index (χ3n) is 4.11. The second kappa shape index (κ2) is 8.75. The smallest absolute Gasteiger partial charge is 0.355 e. The molecule has 1 aliphatic heterocycles. The summed E-state index contributed by atoms with van der Waals surface area (Å²) in [6.45, 7) is -0.488. The molecule has 1 atom stereocenters. The summed E-state index contributed by atoms with van der Waals surface area (Å²) in [6, 6.07) is 9.05. The van der Waals surface area contributed by atoms with Crippen LogP contribution in [0.5, 0.6) is 0 Å². The maximum Gasteiger partial charge on any atom is 0.355 e. The number of nitrogens with one attached hydrogen (secondary N) is 1. The van der Waals surface area contributed by atoms with Crippen LogP contribution in [0.3, 0.4) is 0 Å². The number of hydrogen-bond donors (Lipinski definition) is 1. The minimum Gasteiger partial charge on any atom is -0.451 e. The lowest BCUT2D eigenvalue weighted by molar-refractivity contribution is -0.142. The van der Waals surface area contributed by atoms with Crippen molar-refractivity contribution < 1.29 is 23.5 Å². The van der Waals surface area contributed by atoms with Crippen LogP contribution in [0, 0.1) is 5.82 Å². The summed E-state index contributed by atoms with van der Waals surface area (Å²) in [5.74, 6) is -1.79. The van der Waals surface area contributed by atoms with Gasteiger partial charge >= 0.3 is 5.97 Å². The zero-order valence-electron chi connectivity index (χ0n) is 15.1. The van der Waals surface area contributed by atoms with Crippen molar-refractivity contribution in [3.8, 4) is 0 Å². The van der Waals surface area contributed by atoms with E-state index < -0.39 is 24.5 Å². The fraction of sp³-hybridized carbons (Fsp3) is 0.263. The largest absolute Gasteiger partial charge is 0.451 e. The Morgan fingerprint density at radius 2 is 2.04 bits per heavy atom. The number of halogens is 1. The number of carbonyl (C=O) groups is 3. The van der Waals surface area contributed by atoms with Crippen LogP contribution in [0.15, 0.2) is 46.9 Å². The quantitative estimate of drug-likeness (QED) is 0.750. The molecule has 28 heavy (non-hydrogen) atoms. The summed E-state index contributed by atoms with van der Waals surface area (Å²) in [4.78, 5) is 36.7. The van der Waals surface area contributed by atoms with Gasteiger partial charge in [0, 0.05) is 24.8 Å². The molecule has 7 nitrogen and oxygen atoms in total. The second-order valence-corrected chi connectivity index (χ2v) is 7.09. The van der Waals surface area contributed by atoms with Crippen LogP contribution in [0.4, 0.5) is 4.39 Å². The fourth-order valence-corrected chi connectivity index (χ4v) is 3.47. The van der Waals surface area contributed by atoms with Crippen molar-refractivity contribution in [1.82, 2.24) is 10.3 Å². The van der Waals surface area contributed by atoms with Gasteiger partial charge in [-0.2, -0.15) is 5.10 Å². The molecule has 0 radical (unpaired) electrons. The van der Waals surface area contributed by atoms with Crippen molar-refractivity contribution in [3.05, 3.63) is 58.0 Å². The lowest BCUT2D eigenvalue weighted by Gasteiger charge is -2.19. The van der Waals surface area contributed by atoms with E-state index in [1.165, 1.54) is 30.5 Å². The fourth-order valence-electron chi connectivity index (χ4n) is 2.66. The molecule has 0 spiro atoms. The number of hydrogen-bond acceptors (Lipinski definition) is 6. The first kappa shape index (κ1) is 19.7. The minimum atomic E-state index is -0.732. The molecule has 2 amide bonds. The number of carbonyl (C=O) groups excluding carboxylic acids is 3. The molecule has 1 N–H and O–H groups in total. The maximum absolute atomic E-state index is 13.2. The number of rotatable bonds is 6. The van der Waals surface area contributed by atoms with Crippen LogP contribution < -0.4 is 5.32 Å². The topological polar surface area (TPSA) is 88.1 Å². The second-order valence-electron chi connectivity index (χ2n) is 6.11. The number of thiophene rings is 1. The molecule has 9 heteroatoms. The van der Waals surface area contributed by atoms with Gasteiger partial charge in [0.15, 0.2) is 6.61 Å². The Balaban J connectivity index is 1.63. The van der Waals surface area contributed by atoms with E-state index in [0.29, 0.717) is 5.56 Å². The van der Waals surface area contributed by atoms with Gasteiger partial charge in [-0.25, -0.2) is 14.2 Å². The zero-order chi connectivity index (χ0) is 20.1. The van der Waals surface area contributed by atoms with Crippen LogP contribution in [0.25, 0.3) is 0 Å². The van der Waals surface area contributed by atoms with Gasteiger partial charge in [-0.15, -0.1) is 11.3 Å². The third kappa shape index (κ3) is 4.80. The molecule has 1 aromatic heterocycles. The van der Waals surface area contributed by atoms with Crippen molar-refractivity contribution >= 4 is 34.8 Å². The predicted molar refractivity (Wildman–Crippen MR) is 101 cm³/mol. The summed E-state index contributed by atoms with van der Waals surface area (Å²) in [5, 5.41) is 9.61. The number of hydrazone groups is 1. The average Bonchev–Trinajstić information content (AvgIpc) is 3.21. The molecule has 1 unspecified atom stereocenters. The Morgan fingerprint density at radius 1 is 1.29 bits per heavy atom. The van der Waals surface area contributed by atoms with E-state index in [1.807, 2.05) is 17.5 Å². The highest BCUT2D eigenvalue weighted by Gasteiger charge is 2.24. The molecule has 0 aliphatic carbocycles. The standard InChI is InChI=1S/C19H18FN3O4S/c1-23-17(25)9-8-14(22-23)19(26)27-11-16(24)21-18(15-3-2-10-28-15)12-4-6-13(20)7-5-12/h2-7,10,18H,8-9,11H2,1H3,(H,21,24). The summed E-state index contributed by atoms with van der Waals surface area (Å²) in [6.07, 6.45) is 0.346. The molecule has 0 fully saturated rings. The van der Waals surface area contributed by atoms with Crippen LogP contribution in [-0.4, -0.2) is 42.2 Å². The first-order valence-corrected chi connectivity index (χ1v) is 9.41. The van der Waals surface area contributed by atoms with Gasteiger partial charge in [0.2, 0.25) is 5.91 Å². The molecule has 2 heterocycles. The average molecular weight is 403 g/mol. The Kier molecular flexibility index (Phi) is 6.15. The summed E-state index contributed by atoms with van der Waals surface area (Å²) < 4.78 is 18.2. The molecule has 1 aromatic carbocycles. The Hall–Kier alpha value is -3.07. The van der Waals surface area contributed by atoms with E-state index in [1.54, 1.807) is 12.1 Å². The predicted octanol–water partition coefficient (Wildman–Crippen LogP) is 2.24. The van der Waals surface area contributed by atoms with Crippen LogP contribution in [0.1, 0.15) is 29.3 Å². The van der Waals surface area contributed by atoms with Crippen molar-refractivity contribution in [1.29, 1.82) is 0 Å². The number of esters is 1. The molecule has 0 saturated carbocycles. The highest BCUT2D eigenvalue weighted by molar-refractivity contribution is 7.10. The molecule has 0 bridgehead atoms. The molecule has 2 aromatic rings. The Labute approximate surface area is 164 Å². The van der Waals surface area contributed by atoms with E-state index in [0.717, 1.165) is 9.89 Å². The van der Waals surface area contributed by atoms with Crippen LogP contribution >= 0.6 is 11.3 Å². The van der Waals surface area contributed by atoms with E-state index >= 15 is 0 Å². The van der Waals surface area contributed by atoms with E-state index in [9.17, 15) is 18.8 Å². The van der Waals surface area contributed by atoms with Crippen molar-refractivity contribution in [3.63, 3.8) is 0 Å². The van der Waals surface area contributed by atoms with Crippen LogP contribution in [0.2, 0.25) is 0 Å². The first-order chi connectivity index (χ1) is 13.4. The van der Waals surface area contributed by atoms with E-state index in [-0.39, 0.29) is 30.3 Å². The van der Waals surface area contributed by atoms with E-state index in [2.05, 4.69) is 10.4 Å². The highest BCUT2D eigenvalue weighted by Crippen LogP contribution is 2.26. The number of nitrogens with zero attached hydrogens (tertiary/aromatic N) is 2. The third-order valence-corrected chi connectivity index (χ3v) is 5.05. The molecule has 146 valence electrons. The SMILES string of the molecule is CN1N=C(C(=O)OCC(=O)NC(c2ccc(F)cc2)c2cccs2)CCC1=O. The van der Waals surface area contributed by atoms with E-state index in [4.69, 9.17) is 4.74 Å². The number of benzene rings is 1. The Bertz CT molecular complexity index is 896. The molecule has 3 rings (SSSR count). The normalized spacial score (nSPS) is 15.0. The van der Waals surface area contributed by atoms with Gasteiger partial charge in [-0.1, -0.05) is 18.2 Å². The summed E-state index contributed by atoms with van der Waals surface area (Å²) in [5.41, 5.74) is 0.809. The van der Waals surface area contributed by atoms with Gasteiger partial charge < -0.3 is 10.1 Å². The highest BCUT2D eigenvalue weighted by atomic mass is 32.1.